The average molecular weight is 253 g/mol. The quantitative estimate of drug-likeness (QED) is 0.834. The summed E-state index contributed by atoms with van der Waals surface area (Å²) in [5, 5.41) is 0. The van der Waals surface area contributed by atoms with Crippen molar-refractivity contribution in [2.75, 3.05) is 13.7 Å². The molecular weight excluding hydrogens is 234 g/mol. The van der Waals surface area contributed by atoms with E-state index in [9.17, 15) is 9.59 Å². The van der Waals surface area contributed by atoms with Gasteiger partial charge >= 0.3 is 11.9 Å². The maximum Gasteiger partial charge on any atom is 0.355 e. The molecule has 0 aliphatic carbocycles. The molecule has 0 aliphatic rings. The number of nitrogens with one attached hydrogen (secondary N) is 1. The molecule has 18 heavy (non-hydrogen) atoms. The van der Waals surface area contributed by atoms with Crippen LogP contribution in [-0.4, -0.2) is 30.6 Å². The number of hydrogen-bond acceptors (Lipinski definition) is 4. The van der Waals surface area contributed by atoms with Crippen LogP contribution >= 0.6 is 0 Å². The molecule has 0 aromatic carbocycles. The van der Waals surface area contributed by atoms with E-state index in [0.29, 0.717) is 12.3 Å². The standard InChI is InChI=1S/C13H19NO4/c1-6-18-13(16)11-7(2)10(9(4)14-11)8(3)12(15)17-5/h8,14H,6H2,1-5H3/t8-/m0/s1. The van der Waals surface area contributed by atoms with Gasteiger partial charge in [0.15, 0.2) is 0 Å². The van der Waals surface area contributed by atoms with Gasteiger partial charge in [-0.25, -0.2) is 4.79 Å². The third-order valence-electron chi connectivity index (χ3n) is 2.96. The van der Waals surface area contributed by atoms with Gasteiger partial charge in [-0.05, 0) is 38.8 Å². The van der Waals surface area contributed by atoms with E-state index >= 15 is 0 Å². The van der Waals surface area contributed by atoms with Gasteiger partial charge in [0, 0.05) is 5.69 Å². The van der Waals surface area contributed by atoms with Crippen molar-refractivity contribution in [1.82, 2.24) is 4.98 Å². The molecule has 100 valence electrons. The zero-order valence-corrected chi connectivity index (χ0v) is 11.4. The molecule has 5 heteroatoms. The van der Waals surface area contributed by atoms with Gasteiger partial charge in [0.1, 0.15) is 5.69 Å². The number of esters is 2. The first-order valence-corrected chi connectivity index (χ1v) is 5.88. The van der Waals surface area contributed by atoms with E-state index in [4.69, 9.17) is 9.47 Å². The highest BCUT2D eigenvalue weighted by molar-refractivity contribution is 5.91. The molecule has 0 aliphatic heterocycles. The molecule has 1 N–H and O–H groups in total. The van der Waals surface area contributed by atoms with E-state index in [0.717, 1.165) is 16.8 Å². The minimum Gasteiger partial charge on any atom is -0.469 e. The van der Waals surface area contributed by atoms with E-state index in [1.165, 1.54) is 7.11 Å². The van der Waals surface area contributed by atoms with Crippen molar-refractivity contribution < 1.29 is 19.1 Å². The minimum atomic E-state index is -0.408. The smallest absolute Gasteiger partial charge is 0.355 e. The number of carbonyl (C=O) groups excluding carboxylic acids is 2. The zero-order chi connectivity index (χ0) is 13.9. The van der Waals surface area contributed by atoms with Crippen molar-refractivity contribution in [3.63, 3.8) is 0 Å². The van der Waals surface area contributed by atoms with Crippen molar-refractivity contribution in [1.29, 1.82) is 0 Å². The molecule has 0 unspecified atom stereocenters. The molecule has 0 saturated carbocycles. The van der Waals surface area contributed by atoms with Gasteiger partial charge in [-0.1, -0.05) is 0 Å². The molecular formula is C13H19NO4. The maximum absolute atomic E-state index is 11.7. The Bertz CT molecular complexity index is 462. The van der Waals surface area contributed by atoms with Crippen LogP contribution in [0.1, 0.15) is 47.1 Å². The summed E-state index contributed by atoms with van der Waals surface area (Å²) >= 11 is 0. The van der Waals surface area contributed by atoms with Crippen LogP contribution in [0.4, 0.5) is 0 Å². The number of ether oxygens (including phenoxy) is 2. The molecule has 1 aromatic rings. The molecule has 0 fully saturated rings. The van der Waals surface area contributed by atoms with Gasteiger partial charge in [0.2, 0.25) is 0 Å². The molecule has 0 radical (unpaired) electrons. The third-order valence-corrected chi connectivity index (χ3v) is 2.96. The van der Waals surface area contributed by atoms with Crippen molar-refractivity contribution in [2.45, 2.75) is 33.6 Å². The fourth-order valence-electron chi connectivity index (χ4n) is 2.12. The van der Waals surface area contributed by atoms with Crippen molar-refractivity contribution in [2.24, 2.45) is 0 Å². The van der Waals surface area contributed by atoms with E-state index < -0.39 is 11.9 Å². The van der Waals surface area contributed by atoms with Gasteiger partial charge in [-0.15, -0.1) is 0 Å². The summed E-state index contributed by atoms with van der Waals surface area (Å²) in [7, 11) is 1.35. The lowest BCUT2D eigenvalue weighted by Gasteiger charge is -2.10. The molecule has 1 rings (SSSR count). The van der Waals surface area contributed by atoms with Crippen LogP contribution in [0.15, 0.2) is 0 Å². The second-order valence-electron chi connectivity index (χ2n) is 4.13. The molecule has 1 aromatic heterocycles. The van der Waals surface area contributed by atoms with Crippen LogP contribution in [0.25, 0.3) is 0 Å². The Hall–Kier alpha value is -1.78. The number of H-pyrrole nitrogens is 1. The van der Waals surface area contributed by atoms with Crippen LogP contribution in [-0.2, 0) is 14.3 Å². The molecule has 0 bridgehead atoms. The summed E-state index contributed by atoms with van der Waals surface area (Å²) in [5.41, 5.74) is 2.72. The summed E-state index contributed by atoms with van der Waals surface area (Å²) in [6.07, 6.45) is 0. The summed E-state index contributed by atoms with van der Waals surface area (Å²) in [5.74, 6) is -1.13. The van der Waals surface area contributed by atoms with Crippen LogP contribution in [0.2, 0.25) is 0 Å². The predicted molar refractivity (Wildman–Crippen MR) is 66.7 cm³/mol. The largest absolute Gasteiger partial charge is 0.469 e. The van der Waals surface area contributed by atoms with E-state index in [2.05, 4.69) is 4.98 Å². The van der Waals surface area contributed by atoms with Gasteiger partial charge in [-0.3, -0.25) is 4.79 Å². The molecule has 1 atom stereocenters. The minimum absolute atomic E-state index is 0.318. The normalized spacial score (nSPS) is 12.1. The van der Waals surface area contributed by atoms with Crippen molar-refractivity contribution in [3.05, 3.63) is 22.5 Å². The fraction of sp³-hybridized carbons (Fsp3) is 0.538. The molecule has 0 amide bonds. The Labute approximate surface area is 106 Å². The van der Waals surface area contributed by atoms with Crippen LogP contribution in [0, 0.1) is 13.8 Å². The van der Waals surface area contributed by atoms with Crippen LogP contribution < -0.4 is 0 Å². The lowest BCUT2D eigenvalue weighted by Crippen LogP contribution is -2.12. The first-order chi connectivity index (χ1) is 8.43. The Morgan fingerprint density at radius 2 is 1.94 bits per heavy atom. The second-order valence-corrected chi connectivity index (χ2v) is 4.13. The first kappa shape index (κ1) is 14.3. The first-order valence-electron chi connectivity index (χ1n) is 5.88. The molecule has 0 spiro atoms. The van der Waals surface area contributed by atoms with Gasteiger partial charge in [-0.2, -0.15) is 0 Å². The highest BCUT2D eigenvalue weighted by atomic mass is 16.5. The van der Waals surface area contributed by atoms with Gasteiger partial charge in [0.25, 0.3) is 0 Å². The molecule has 5 nitrogen and oxygen atoms in total. The van der Waals surface area contributed by atoms with Crippen molar-refractivity contribution >= 4 is 11.9 Å². The summed E-state index contributed by atoms with van der Waals surface area (Å²) in [6.45, 7) is 7.44. The number of rotatable bonds is 4. The second kappa shape index (κ2) is 5.71. The van der Waals surface area contributed by atoms with E-state index in [1.54, 1.807) is 20.8 Å². The average Bonchev–Trinajstić information content (AvgIpc) is 2.63. The van der Waals surface area contributed by atoms with Crippen LogP contribution in [0.5, 0.6) is 0 Å². The molecule has 1 heterocycles. The number of carbonyl (C=O) groups is 2. The number of hydrogen-bond donors (Lipinski definition) is 1. The van der Waals surface area contributed by atoms with Gasteiger partial charge < -0.3 is 14.5 Å². The Morgan fingerprint density at radius 3 is 2.44 bits per heavy atom. The zero-order valence-electron chi connectivity index (χ0n) is 11.4. The van der Waals surface area contributed by atoms with E-state index in [1.807, 2.05) is 6.92 Å². The SMILES string of the molecule is CCOC(=O)c1[nH]c(C)c([C@H](C)C(=O)OC)c1C. The Morgan fingerprint density at radius 1 is 1.33 bits per heavy atom. The topological polar surface area (TPSA) is 68.4 Å². The number of aromatic amines is 1. The summed E-state index contributed by atoms with van der Waals surface area (Å²) in [6, 6.07) is 0. The predicted octanol–water partition coefficient (Wildman–Crippen LogP) is 2.08. The lowest BCUT2D eigenvalue weighted by molar-refractivity contribution is -0.142. The number of methoxy groups -OCH3 is 1. The molecule has 0 saturated heterocycles. The Kier molecular flexibility index (Phi) is 4.53. The highest BCUT2D eigenvalue weighted by Gasteiger charge is 2.25. The third kappa shape index (κ3) is 2.55. The summed E-state index contributed by atoms with van der Waals surface area (Å²) in [4.78, 5) is 26.3. The fourth-order valence-corrected chi connectivity index (χ4v) is 2.12. The summed E-state index contributed by atoms with van der Waals surface area (Å²) < 4.78 is 9.68. The monoisotopic (exact) mass is 253 g/mol. The lowest BCUT2D eigenvalue weighted by atomic mass is 9.97. The maximum atomic E-state index is 11.7. The van der Waals surface area contributed by atoms with E-state index in [-0.39, 0.29) is 5.97 Å². The number of aryl methyl sites for hydroxylation is 1. The number of aromatic nitrogens is 1. The van der Waals surface area contributed by atoms with Crippen molar-refractivity contribution in [3.8, 4) is 0 Å². The van der Waals surface area contributed by atoms with Crippen LogP contribution in [0.3, 0.4) is 0 Å². The van der Waals surface area contributed by atoms with Gasteiger partial charge in [0.05, 0.1) is 19.6 Å². The highest BCUT2D eigenvalue weighted by Crippen LogP contribution is 2.27. The Balaban J connectivity index is 3.16.